The van der Waals surface area contributed by atoms with Crippen LogP contribution in [0.3, 0.4) is 0 Å². The fourth-order valence-electron chi connectivity index (χ4n) is 4.08. The van der Waals surface area contributed by atoms with E-state index in [0.29, 0.717) is 39.7 Å². The van der Waals surface area contributed by atoms with E-state index in [1.807, 2.05) is 18.2 Å². The van der Waals surface area contributed by atoms with Crippen LogP contribution in [0.5, 0.6) is 5.75 Å². The van der Waals surface area contributed by atoms with Crippen molar-refractivity contribution in [2.24, 2.45) is 0 Å². The van der Waals surface area contributed by atoms with Crippen LogP contribution in [0, 0.1) is 0 Å². The van der Waals surface area contributed by atoms with Crippen molar-refractivity contribution in [3.63, 3.8) is 0 Å². The summed E-state index contributed by atoms with van der Waals surface area (Å²) in [5.41, 5.74) is 1.48. The molecule has 0 aliphatic rings. The van der Waals surface area contributed by atoms with E-state index in [9.17, 15) is 15.0 Å². The number of aliphatic hydroxyl groups is 1. The van der Waals surface area contributed by atoms with Gasteiger partial charge in [0.1, 0.15) is 5.75 Å². The number of aromatic hydroxyl groups is 1. The van der Waals surface area contributed by atoms with E-state index in [4.69, 9.17) is 27.9 Å². The standard InChI is InChI=1S/C27H35Cl2N3O4/c28-22-8-6-9-23(29)20(22)11-13-30-14-16-36-15-4-2-1-3-12-31-18-25(34)21-17-26(35)32-27-19(21)7-5-10-24(27)33/h5-10,17,25,30-31,33-34H,1-4,11-16,18H2,(H,32,35). The number of hydrogen-bond donors (Lipinski definition) is 5. The second-order valence-electron chi connectivity index (χ2n) is 8.74. The number of benzene rings is 2. The van der Waals surface area contributed by atoms with Crippen LogP contribution in [0.25, 0.3) is 10.9 Å². The Hall–Kier alpha value is -2.13. The molecule has 5 N–H and O–H groups in total. The van der Waals surface area contributed by atoms with Gasteiger partial charge in [0.2, 0.25) is 5.56 Å². The first-order valence-electron chi connectivity index (χ1n) is 12.4. The van der Waals surface area contributed by atoms with Gasteiger partial charge in [-0.3, -0.25) is 4.79 Å². The van der Waals surface area contributed by atoms with Gasteiger partial charge in [-0.1, -0.05) is 54.2 Å². The van der Waals surface area contributed by atoms with Gasteiger partial charge in [-0.25, -0.2) is 0 Å². The van der Waals surface area contributed by atoms with E-state index >= 15 is 0 Å². The van der Waals surface area contributed by atoms with Crippen molar-refractivity contribution >= 4 is 34.1 Å². The molecule has 7 nitrogen and oxygen atoms in total. The number of para-hydroxylation sites is 1. The SMILES string of the molecule is O=c1cc(C(O)CNCCCCCCOCCNCCc2c(Cl)cccc2Cl)c2cccc(O)c2[nH]1. The molecule has 0 spiro atoms. The van der Waals surface area contributed by atoms with Crippen molar-refractivity contribution in [3.8, 4) is 5.75 Å². The Morgan fingerprint density at radius 3 is 2.47 bits per heavy atom. The summed E-state index contributed by atoms with van der Waals surface area (Å²) in [7, 11) is 0. The highest BCUT2D eigenvalue weighted by atomic mass is 35.5. The van der Waals surface area contributed by atoms with E-state index in [1.54, 1.807) is 12.1 Å². The van der Waals surface area contributed by atoms with Crippen LogP contribution in [0.4, 0.5) is 0 Å². The fourth-order valence-corrected chi connectivity index (χ4v) is 4.66. The number of fused-ring (bicyclic) bond motifs is 1. The number of pyridine rings is 1. The topological polar surface area (TPSA) is 107 Å². The number of hydrogen-bond acceptors (Lipinski definition) is 6. The van der Waals surface area contributed by atoms with E-state index < -0.39 is 6.10 Å². The number of aromatic nitrogens is 1. The number of aromatic amines is 1. The predicted molar refractivity (Wildman–Crippen MR) is 146 cm³/mol. The molecule has 1 aromatic heterocycles. The van der Waals surface area contributed by atoms with Crippen molar-refractivity contribution in [2.45, 2.75) is 38.2 Å². The highest BCUT2D eigenvalue weighted by molar-refractivity contribution is 6.35. The lowest BCUT2D eigenvalue weighted by Crippen LogP contribution is -2.23. The number of nitrogens with one attached hydrogen (secondary N) is 3. The number of phenolic OH excluding ortho intramolecular Hbond substituents is 1. The summed E-state index contributed by atoms with van der Waals surface area (Å²) in [5, 5.41) is 29.2. The lowest BCUT2D eigenvalue weighted by Gasteiger charge is -2.15. The van der Waals surface area contributed by atoms with Gasteiger partial charge in [0.15, 0.2) is 0 Å². The third-order valence-electron chi connectivity index (χ3n) is 6.01. The normalized spacial score (nSPS) is 12.3. The van der Waals surface area contributed by atoms with Crippen LogP contribution in [0.2, 0.25) is 10.0 Å². The van der Waals surface area contributed by atoms with Crippen molar-refractivity contribution in [1.82, 2.24) is 15.6 Å². The van der Waals surface area contributed by atoms with Gasteiger partial charge >= 0.3 is 0 Å². The van der Waals surface area contributed by atoms with Crippen LogP contribution in [0.15, 0.2) is 47.3 Å². The number of rotatable bonds is 16. The molecule has 3 aromatic rings. The van der Waals surface area contributed by atoms with Gasteiger partial charge in [-0.2, -0.15) is 0 Å². The van der Waals surface area contributed by atoms with Crippen LogP contribution < -0.4 is 16.2 Å². The van der Waals surface area contributed by atoms with Crippen molar-refractivity contribution in [2.75, 3.05) is 39.4 Å². The number of H-pyrrole nitrogens is 1. The molecule has 0 saturated heterocycles. The summed E-state index contributed by atoms with van der Waals surface area (Å²) in [6, 6.07) is 11.9. The number of unbranched alkanes of at least 4 members (excludes halogenated alkanes) is 3. The Bertz CT molecular complexity index is 1140. The minimum atomic E-state index is -0.833. The largest absolute Gasteiger partial charge is 0.506 e. The Labute approximate surface area is 221 Å². The van der Waals surface area contributed by atoms with Crippen LogP contribution >= 0.6 is 23.2 Å². The summed E-state index contributed by atoms with van der Waals surface area (Å²) < 4.78 is 5.69. The molecule has 2 aromatic carbocycles. The molecule has 0 saturated carbocycles. The van der Waals surface area contributed by atoms with E-state index in [0.717, 1.165) is 63.9 Å². The summed E-state index contributed by atoms with van der Waals surface area (Å²) in [4.78, 5) is 14.5. The molecular formula is C27H35Cl2N3O4. The molecule has 9 heteroatoms. The molecule has 0 amide bonds. The molecule has 0 aliphatic carbocycles. The minimum Gasteiger partial charge on any atom is -0.506 e. The second kappa shape index (κ2) is 15.2. The Morgan fingerprint density at radius 1 is 0.917 bits per heavy atom. The van der Waals surface area contributed by atoms with Gasteiger partial charge in [0.25, 0.3) is 0 Å². The Balaban J connectivity index is 1.19. The Morgan fingerprint density at radius 2 is 1.67 bits per heavy atom. The van der Waals surface area contributed by atoms with Crippen molar-refractivity contribution in [3.05, 3.63) is 74.0 Å². The highest BCUT2D eigenvalue weighted by Crippen LogP contribution is 2.27. The zero-order valence-corrected chi connectivity index (χ0v) is 21.9. The van der Waals surface area contributed by atoms with Gasteiger partial charge < -0.3 is 30.6 Å². The van der Waals surface area contributed by atoms with E-state index in [1.165, 1.54) is 12.1 Å². The molecule has 0 aliphatic heterocycles. The zero-order valence-electron chi connectivity index (χ0n) is 20.4. The predicted octanol–water partition coefficient (Wildman–Crippen LogP) is 4.57. The monoisotopic (exact) mass is 535 g/mol. The smallest absolute Gasteiger partial charge is 0.248 e. The summed E-state index contributed by atoms with van der Waals surface area (Å²) in [6.45, 7) is 4.12. The number of halogens is 2. The van der Waals surface area contributed by atoms with Gasteiger partial charge in [0.05, 0.1) is 18.2 Å². The van der Waals surface area contributed by atoms with Gasteiger partial charge in [-0.05, 0) is 61.7 Å². The lowest BCUT2D eigenvalue weighted by molar-refractivity contribution is 0.131. The van der Waals surface area contributed by atoms with E-state index in [-0.39, 0.29) is 11.3 Å². The molecule has 0 bridgehead atoms. The quantitative estimate of drug-likeness (QED) is 0.172. The van der Waals surface area contributed by atoms with Crippen molar-refractivity contribution in [1.29, 1.82) is 0 Å². The summed E-state index contributed by atoms with van der Waals surface area (Å²) in [5.74, 6) is -0.00867. The maximum absolute atomic E-state index is 11.9. The molecule has 1 heterocycles. The van der Waals surface area contributed by atoms with Crippen LogP contribution in [-0.2, 0) is 11.2 Å². The Kier molecular flexibility index (Phi) is 12.0. The van der Waals surface area contributed by atoms with Gasteiger partial charge in [-0.15, -0.1) is 0 Å². The maximum Gasteiger partial charge on any atom is 0.248 e. The minimum absolute atomic E-state index is 0.00867. The van der Waals surface area contributed by atoms with Crippen LogP contribution in [-0.4, -0.2) is 54.6 Å². The van der Waals surface area contributed by atoms with Gasteiger partial charge in [0, 0.05) is 41.2 Å². The molecule has 196 valence electrons. The first-order valence-corrected chi connectivity index (χ1v) is 13.2. The molecule has 36 heavy (non-hydrogen) atoms. The lowest BCUT2D eigenvalue weighted by atomic mass is 10.0. The summed E-state index contributed by atoms with van der Waals surface area (Å²) >= 11 is 12.4. The first-order chi connectivity index (χ1) is 17.5. The number of ether oxygens (including phenoxy) is 1. The zero-order chi connectivity index (χ0) is 25.8. The number of phenols is 1. The number of aliphatic hydroxyl groups excluding tert-OH is 1. The second-order valence-corrected chi connectivity index (χ2v) is 9.55. The van der Waals surface area contributed by atoms with E-state index in [2.05, 4.69) is 15.6 Å². The molecule has 3 rings (SSSR count). The first kappa shape index (κ1) is 28.4. The summed E-state index contributed by atoms with van der Waals surface area (Å²) in [6.07, 6.45) is 4.12. The molecule has 0 fully saturated rings. The third kappa shape index (κ3) is 8.76. The molecule has 1 unspecified atom stereocenters. The third-order valence-corrected chi connectivity index (χ3v) is 6.72. The fraction of sp³-hybridized carbons (Fsp3) is 0.444. The average molecular weight is 537 g/mol. The molecule has 0 radical (unpaired) electrons. The average Bonchev–Trinajstić information content (AvgIpc) is 2.85. The maximum atomic E-state index is 11.9. The highest BCUT2D eigenvalue weighted by Gasteiger charge is 2.14. The molecular weight excluding hydrogens is 501 g/mol. The van der Waals surface area contributed by atoms with Crippen LogP contribution in [0.1, 0.15) is 42.9 Å². The van der Waals surface area contributed by atoms with Crippen molar-refractivity contribution < 1.29 is 14.9 Å². The molecule has 1 atom stereocenters.